The average Bonchev–Trinajstić information content (AvgIpc) is 2.57. The molecule has 0 saturated heterocycles. The molecule has 3 nitrogen and oxygen atoms in total. The van der Waals surface area contributed by atoms with E-state index in [9.17, 15) is 0 Å². The minimum atomic E-state index is -0.0151. The number of benzene rings is 1. The molecule has 2 N–H and O–H groups in total. The number of nitrogens with zero attached hydrogens (tertiary/aromatic N) is 2. The van der Waals surface area contributed by atoms with Crippen LogP contribution in [-0.2, 0) is 0 Å². The molecule has 18 heavy (non-hydrogen) atoms. The number of hydrogen-bond acceptors (Lipinski definition) is 2. The maximum absolute atomic E-state index is 6.33. The third-order valence-corrected chi connectivity index (χ3v) is 3.68. The lowest BCUT2D eigenvalue weighted by Gasteiger charge is -2.11. The molecule has 0 saturated carbocycles. The van der Waals surface area contributed by atoms with Crippen LogP contribution in [0.15, 0.2) is 18.2 Å². The molecule has 2 aromatic rings. The molecule has 0 aliphatic heterocycles. The highest BCUT2D eigenvalue weighted by molar-refractivity contribution is 6.32. The second-order valence-corrected chi connectivity index (χ2v) is 5.11. The smallest absolute Gasteiger partial charge is 0.0835 e. The molecule has 1 heterocycles. The van der Waals surface area contributed by atoms with Gasteiger partial charge in [-0.2, -0.15) is 5.10 Å². The molecule has 1 unspecified atom stereocenters. The monoisotopic (exact) mass is 263 g/mol. The Hall–Kier alpha value is -1.32. The predicted octanol–water partition coefficient (Wildman–Crippen LogP) is 3.47. The van der Waals surface area contributed by atoms with Gasteiger partial charge in [0.15, 0.2) is 0 Å². The first-order valence-corrected chi connectivity index (χ1v) is 6.38. The lowest BCUT2D eigenvalue weighted by Crippen LogP contribution is -2.06. The fraction of sp³-hybridized carbons (Fsp3) is 0.357. The highest BCUT2D eigenvalue weighted by Gasteiger charge is 2.12. The summed E-state index contributed by atoms with van der Waals surface area (Å²) in [6, 6.07) is 5.86. The standard InChI is InChI=1S/C14H18ClN3/c1-8-10(3)17-18(11(8)4)14-6-5-12(9(2)16)7-13(14)15/h5-7,9H,16H2,1-4H3. The van der Waals surface area contributed by atoms with E-state index in [-0.39, 0.29) is 6.04 Å². The highest BCUT2D eigenvalue weighted by atomic mass is 35.5. The molecular formula is C14H18ClN3. The largest absolute Gasteiger partial charge is 0.324 e. The zero-order chi connectivity index (χ0) is 13.4. The van der Waals surface area contributed by atoms with Gasteiger partial charge in [-0.15, -0.1) is 0 Å². The summed E-state index contributed by atoms with van der Waals surface area (Å²) in [4.78, 5) is 0. The summed E-state index contributed by atoms with van der Waals surface area (Å²) < 4.78 is 1.89. The van der Waals surface area contributed by atoms with Crippen molar-refractivity contribution in [2.75, 3.05) is 0 Å². The Morgan fingerprint density at radius 1 is 1.28 bits per heavy atom. The number of nitrogens with two attached hydrogens (primary N) is 1. The highest BCUT2D eigenvalue weighted by Crippen LogP contribution is 2.26. The van der Waals surface area contributed by atoms with Gasteiger partial charge in [-0.25, -0.2) is 4.68 Å². The van der Waals surface area contributed by atoms with Crippen molar-refractivity contribution >= 4 is 11.6 Å². The maximum Gasteiger partial charge on any atom is 0.0835 e. The van der Waals surface area contributed by atoms with Crippen LogP contribution in [0.3, 0.4) is 0 Å². The average molecular weight is 264 g/mol. The Labute approximate surface area is 113 Å². The Kier molecular flexibility index (Phi) is 3.46. The van der Waals surface area contributed by atoms with E-state index in [4.69, 9.17) is 17.3 Å². The van der Waals surface area contributed by atoms with Crippen LogP contribution in [-0.4, -0.2) is 9.78 Å². The van der Waals surface area contributed by atoms with Crippen LogP contribution in [0, 0.1) is 20.8 Å². The fourth-order valence-corrected chi connectivity index (χ4v) is 2.20. The van der Waals surface area contributed by atoms with E-state index < -0.39 is 0 Å². The first-order chi connectivity index (χ1) is 8.41. The van der Waals surface area contributed by atoms with Crippen LogP contribution in [0.4, 0.5) is 0 Å². The quantitative estimate of drug-likeness (QED) is 0.902. The van der Waals surface area contributed by atoms with Crippen LogP contribution < -0.4 is 5.73 Å². The molecule has 0 aliphatic rings. The van der Waals surface area contributed by atoms with Crippen LogP contribution in [0.25, 0.3) is 5.69 Å². The van der Waals surface area contributed by atoms with Gasteiger partial charge in [-0.05, 0) is 51.0 Å². The Morgan fingerprint density at radius 2 is 1.94 bits per heavy atom. The molecular weight excluding hydrogens is 246 g/mol. The van der Waals surface area contributed by atoms with Crippen molar-refractivity contribution in [3.8, 4) is 5.69 Å². The van der Waals surface area contributed by atoms with Crippen LogP contribution in [0.2, 0.25) is 5.02 Å². The van der Waals surface area contributed by atoms with Crippen molar-refractivity contribution < 1.29 is 0 Å². The van der Waals surface area contributed by atoms with Gasteiger partial charge in [0.25, 0.3) is 0 Å². The zero-order valence-corrected chi connectivity index (χ0v) is 11.9. The summed E-state index contributed by atoms with van der Waals surface area (Å²) in [5.41, 5.74) is 11.1. The van der Waals surface area contributed by atoms with E-state index in [1.54, 1.807) is 0 Å². The fourth-order valence-electron chi connectivity index (χ4n) is 1.93. The van der Waals surface area contributed by atoms with E-state index in [0.29, 0.717) is 5.02 Å². The zero-order valence-electron chi connectivity index (χ0n) is 11.2. The van der Waals surface area contributed by atoms with Crippen LogP contribution in [0.1, 0.15) is 35.5 Å². The van der Waals surface area contributed by atoms with Gasteiger partial charge in [-0.3, -0.25) is 0 Å². The van der Waals surface area contributed by atoms with Gasteiger partial charge in [0.1, 0.15) is 0 Å². The minimum Gasteiger partial charge on any atom is -0.324 e. The minimum absolute atomic E-state index is 0.0151. The Balaban J connectivity index is 2.54. The summed E-state index contributed by atoms with van der Waals surface area (Å²) in [5, 5.41) is 5.19. The Bertz CT molecular complexity index is 585. The number of hydrogen-bond donors (Lipinski definition) is 1. The maximum atomic E-state index is 6.33. The van der Waals surface area contributed by atoms with Crippen molar-refractivity contribution in [3.63, 3.8) is 0 Å². The van der Waals surface area contributed by atoms with Gasteiger partial charge >= 0.3 is 0 Å². The van der Waals surface area contributed by atoms with E-state index in [1.165, 1.54) is 5.56 Å². The molecule has 1 atom stereocenters. The number of halogens is 1. The van der Waals surface area contributed by atoms with Gasteiger partial charge < -0.3 is 5.73 Å². The molecule has 2 rings (SSSR count). The summed E-state index contributed by atoms with van der Waals surface area (Å²) in [6.07, 6.45) is 0. The summed E-state index contributed by atoms with van der Waals surface area (Å²) in [6.45, 7) is 8.06. The molecule has 0 spiro atoms. The predicted molar refractivity (Wildman–Crippen MR) is 75.4 cm³/mol. The normalized spacial score (nSPS) is 12.8. The summed E-state index contributed by atoms with van der Waals surface area (Å²) in [5.74, 6) is 0. The number of rotatable bonds is 2. The van der Waals surface area contributed by atoms with Crippen molar-refractivity contribution in [3.05, 3.63) is 45.7 Å². The second kappa shape index (κ2) is 4.75. The van der Waals surface area contributed by atoms with E-state index >= 15 is 0 Å². The van der Waals surface area contributed by atoms with Gasteiger partial charge in [-0.1, -0.05) is 17.7 Å². The summed E-state index contributed by atoms with van der Waals surface area (Å²) in [7, 11) is 0. The van der Waals surface area contributed by atoms with E-state index in [2.05, 4.69) is 12.0 Å². The van der Waals surface area contributed by atoms with Crippen molar-refractivity contribution in [2.24, 2.45) is 5.73 Å². The molecule has 0 bridgehead atoms. The third kappa shape index (κ3) is 2.16. The first-order valence-electron chi connectivity index (χ1n) is 6.00. The van der Waals surface area contributed by atoms with Crippen molar-refractivity contribution in [2.45, 2.75) is 33.7 Å². The molecule has 0 aliphatic carbocycles. The third-order valence-electron chi connectivity index (χ3n) is 3.38. The first kappa shape index (κ1) is 13.1. The lowest BCUT2D eigenvalue weighted by atomic mass is 10.1. The summed E-state index contributed by atoms with van der Waals surface area (Å²) >= 11 is 6.33. The SMILES string of the molecule is Cc1nn(-c2ccc(C(C)N)cc2Cl)c(C)c1C. The van der Waals surface area contributed by atoms with Crippen molar-refractivity contribution in [1.29, 1.82) is 0 Å². The molecule has 1 aromatic carbocycles. The van der Waals surface area contributed by atoms with E-state index in [1.807, 2.05) is 43.7 Å². The molecule has 1 aromatic heterocycles. The second-order valence-electron chi connectivity index (χ2n) is 4.71. The van der Waals surface area contributed by atoms with Crippen LogP contribution >= 0.6 is 11.6 Å². The molecule has 0 fully saturated rings. The van der Waals surface area contributed by atoms with Crippen molar-refractivity contribution in [1.82, 2.24) is 9.78 Å². The van der Waals surface area contributed by atoms with Gasteiger partial charge in [0, 0.05) is 11.7 Å². The number of aryl methyl sites for hydroxylation is 1. The molecule has 96 valence electrons. The van der Waals surface area contributed by atoms with E-state index in [0.717, 1.165) is 22.6 Å². The van der Waals surface area contributed by atoms with Gasteiger partial charge in [0.2, 0.25) is 0 Å². The lowest BCUT2D eigenvalue weighted by molar-refractivity contribution is 0.808. The van der Waals surface area contributed by atoms with Gasteiger partial charge in [0.05, 0.1) is 16.4 Å². The van der Waals surface area contributed by atoms with Crippen LogP contribution in [0.5, 0.6) is 0 Å². The topological polar surface area (TPSA) is 43.8 Å². The Morgan fingerprint density at radius 3 is 2.39 bits per heavy atom. The molecule has 0 amide bonds. The molecule has 4 heteroatoms. The molecule has 0 radical (unpaired) electrons. The number of aromatic nitrogens is 2.